The van der Waals surface area contributed by atoms with Crippen LogP contribution in [0.4, 0.5) is 5.69 Å². The second-order valence-corrected chi connectivity index (χ2v) is 7.16. The van der Waals surface area contributed by atoms with Crippen molar-refractivity contribution < 1.29 is 4.74 Å². The Kier molecular flexibility index (Phi) is 4.89. The van der Waals surface area contributed by atoms with Crippen molar-refractivity contribution in [3.63, 3.8) is 0 Å². The van der Waals surface area contributed by atoms with Crippen LogP contribution < -0.4 is 15.4 Å². The van der Waals surface area contributed by atoms with Crippen LogP contribution >= 0.6 is 0 Å². The number of piperidine rings is 1. The van der Waals surface area contributed by atoms with Gasteiger partial charge in [-0.2, -0.15) is 0 Å². The van der Waals surface area contributed by atoms with Crippen LogP contribution in [-0.4, -0.2) is 50.8 Å². The third-order valence-electron chi connectivity index (χ3n) is 5.09. The van der Waals surface area contributed by atoms with Crippen molar-refractivity contribution in [3.8, 4) is 5.75 Å². The number of ether oxygens (including phenoxy) is 1. The van der Waals surface area contributed by atoms with E-state index in [1.54, 1.807) is 7.11 Å². The lowest BCUT2D eigenvalue weighted by atomic mass is 9.88. The molecule has 22 heavy (non-hydrogen) atoms. The van der Waals surface area contributed by atoms with Crippen molar-refractivity contribution in [2.24, 2.45) is 5.41 Å². The molecule has 4 heteroatoms. The minimum Gasteiger partial charge on any atom is -0.497 e. The molecular weight excluding hydrogens is 274 g/mol. The second kappa shape index (κ2) is 6.88. The smallest absolute Gasteiger partial charge is 0.120 e. The largest absolute Gasteiger partial charge is 0.497 e. The number of hydrogen-bond acceptors (Lipinski definition) is 4. The van der Waals surface area contributed by atoms with Crippen LogP contribution in [0.2, 0.25) is 0 Å². The highest BCUT2D eigenvalue weighted by Gasteiger charge is 2.32. The third kappa shape index (κ3) is 3.93. The van der Waals surface area contributed by atoms with Gasteiger partial charge < -0.3 is 20.3 Å². The summed E-state index contributed by atoms with van der Waals surface area (Å²) in [5.41, 5.74) is 1.65. The summed E-state index contributed by atoms with van der Waals surface area (Å²) in [5.74, 6) is 0.920. The molecule has 2 saturated heterocycles. The highest BCUT2D eigenvalue weighted by atomic mass is 16.5. The minimum atomic E-state index is 0.479. The Balaban J connectivity index is 1.47. The average molecular weight is 303 g/mol. The molecule has 122 valence electrons. The summed E-state index contributed by atoms with van der Waals surface area (Å²) < 4.78 is 5.29. The molecule has 2 fully saturated rings. The van der Waals surface area contributed by atoms with Gasteiger partial charge in [0.1, 0.15) is 5.75 Å². The van der Waals surface area contributed by atoms with Crippen molar-refractivity contribution in [3.05, 3.63) is 24.3 Å². The number of hydrogen-bond donors (Lipinski definition) is 2. The van der Waals surface area contributed by atoms with Crippen LogP contribution in [0.5, 0.6) is 5.75 Å². The third-order valence-corrected chi connectivity index (χ3v) is 5.09. The van der Waals surface area contributed by atoms with Crippen LogP contribution in [-0.2, 0) is 0 Å². The molecule has 2 aliphatic rings. The van der Waals surface area contributed by atoms with Gasteiger partial charge in [0.15, 0.2) is 0 Å². The van der Waals surface area contributed by atoms with Crippen molar-refractivity contribution in [2.75, 3.05) is 45.2 Å². The van der Waals surface area contributed by atoms with Gasteiger partial charge in [-0.15, -0.1) is 0 Å². The highest BCUT2D eigenvalue weighted by Crippen LogP contribution is 2.28. The van der Waals surface area contributed by atoms with Gasteiger partial charge in [0.2, 0.25) is 0 Å². The maximum absolute atomic E-state index is 5.29. The fourth-order valence-electron chi connectivity index (χ4n) is 3.73. The number of benzene rings is 1. The van der Waals surface area contributed by atoms with Crippen molar-refractivity contribution >= 4 is 5.69 Å². The summed E-state index contributed by atoms with van der Waals surface area (Å²) in [4.78, 5) is 2.65. The van der Waals surface area contributed by atoms with Crippen molar-refractivity contribution in [1.82, 2.24) is 10.2 Å². The number of rotatable bonds is 5. The van der Waals surface area contributed by atoms with E-state index in [1.807, 2.05) is 12.1 Å². The molecule has 1 unspecified atom stereocenters. The number of likely N-dealkylation sites (tertiary alicyclic amines) is 1. The normalized spacial score (nSPS) is 27.0. The fourth-order valence-corrected chi connectivity index (χ4v) is 3.73. The predicted molar refractivity (Wildman–Crippen MR) is 91.7 cm³/mol. The van der Waals surface area contributed by atoms with Gasteiger partial charge in [-0.1, -0.05) is 13.0 Å². The topological polar surface area (TPSA) is 36.5 Å². The van der Waals surface area contributed by atoms with Gasteiger partial charge in [0.25, 0.3) is 0 Å². The SMILES string of the molecule is COc1cccc(NC2CCN(CC3(C)CCNC3)CC2)c1. The number of anilines is 1. The Morgan fingerprint density at radius 3 is 2.86 bits per heavy atom. The van der Waals surface area contributed by atoms with Crippen LogP contribution in [0, 0.1) is 5.41 Å². The minimum absolute atomic E-state index is 0.479. The quantitative estimate of drug-likeness (QED) is 0.876. The fraction of sp³-hybridized carbons (Fsp3) is 0.667. The molecular formula is C18H29N3O. The number of nitrogens with zero attached hydrogens (tertiary/aromatic N) is 1. The monoisotopic (exact) mass is 303 g/mol. The van der Waals surface area contributed by atoms with Crippen LogP contribution in [0.1, 0.15) is 26.2 Å². The molecule has 2 N–H and O–H groups in total. The number of methoxy groups -OCH3 is 1. The first-order chi connectivity index (χ1) is 10.7. The molecule has 0 spiro atoms. The Hall–Kier alpha value is -1.26. The van der Waals surface area contributed by atoms with Gasteiger partial charge in [-0.05, 0) is 43.4 Å². The molecule has 2 aliphatic heterocycles. The van der Waals surface area contributed by atoms with Crippen molar-refractivity contribution in [1.29, 1.82) is 0 Å². The zero-order chi connectivity index (χ0) is 15.4. The molecule has 0 bridgehead atoms. The van der Waals surface area contributed by atoms with Crippen LogP contribution in [0.3, 0.4) is 0 Å². The summed E-state index contributed by atoms with van der Waals surface area (Å²) in [6.45, 7) is 8.44. The van der Waals surface area contributed by atoms with E-state index in [-0.39, 0.29) is 0 Å². The van der Waals surface area contributed by atoms with Gasteiger partial charge in [0.05, 0.1) is 7.11 Å². The zero-order valence-corrected chi connectivity index (χ0v) is 13.9. The van der Waals surface area contributed by atoms with E-state index in [0.717, 1.165) is 5.75 Å². The highest BCUT2D eigenvalue weighted by molar-refractivity contribution is 5.48. The molecule has 0 saturated carbocycles. The van der Waals surface area contributed by atoms with E-state index in [0.29, 0.717) is 11.5 Å². The standard InChI is InChI=1S/C18H29N3O/c1-18(8-9-19-13-18)14-21-10-6-15(7-11-21)20-16-4-3-5-17(12-16)22-2/h3-5,12,15,19-20H,6-11,13-14H2,1-2H3. The lowest BCUT2D eigenvalue weighted by molar-refractivity contribution is 0.148. The summed E-state index contributed by atoms with van der Waals surface area (Å²) in [5, 5.41) is 7.16. The van der Waals surface area contributed by atoms with E-state index in [1.165, 1.54) is 57.7 Å². The van der Waals surface area contributed by atoms with Gasteiger partial charge >= 0.3 is 0 Å². The maximum Gasteiger partial charge on any atom is 0.120 e. The summed E-state index contributed by atoms with van der Waals surface area (Å²) >= 11 is 0. The molecule has 0 amide bonds. The molecule has 1 atom stereocenters. The summed E-state index contributed by atoms with van der Waals surface area (Å²) in [6, 6.07) is 8.82. The summed E-state index contributed by atoms with van der Waals surface area (Å²) in [7, 11) is 1.72. The molecule has 2 heterocycles. The maximum atomic E-state index is 5.29. The Morgan fingerprint density at radius 1 is 1.36 bits per heavy atom. The zero-order valence-electron chi connectivity index (χ0n) is 13.9. The summed E-state index contributed by atoms with van der Waals surface area (Å²) in [6.07, 6.45) is 3.76. The van der Waals surface area contributed by atoms with Gasteiger partial charge in [-0.3, -0.25) is 0 Å². The first kappa shape index (κ1) is 15.6. The average Bonchev–Trinajstić information content (AvgIpc) is 2.96. The molecule has 1 aromatic rings. The Morgan fingerprint density at radius 2 is 2.18 bits per heavy atom. The van der Waals surface area contributed by atoms with E-state index < -0.39 is 0 Å². The predicted octanol–water partition coefficient (Wildman–Crippen LogP) is 2.57. The second-order valence-electron chi connectivity index (χ2n) is 7.16. The lowest BCUT2D eigenvalue weighted by Crippen LogP contribution is -2.44. The number of nitrogens with one attached hydrogen (secondary N) is 2. The van der Waals surface area contributed by atoms with E-state index in [2.05, 4.69) is 34.6 Å². The van der Waals surface area contributed by atoms with Crippen molar-refractivity contribution in [2.45, 2.75) is 32.2 Å². The van der Waals surface area contributed by atoms with E-state index >= 15 is 0 Å². The molecule has 0 aliphatic carbocycles. The van der Waals surface area contributed by atoms with Gasteiger partial charge in [-0.25, -0.2) is 0 Å². The van der Waals surface area contributed by atoms with Gasteiger partial charge in [0, 0.05) is 44.0 Å². The molecule has 4 nitrogen and oxygen atoms in total. The van der Waals surface area contributed by atoms with E-state index in [9.17, 15) is 0 Å². The Bertz CT molecular complexity index is 477. The first-order valence-electron chi connectivity index (χ1n) is 8.51. The van der Waals surface area contributed by atoms with Crippen LogP contribution in [0.15, 0.2) is 24.3 Å². The van der Waals surface area contributed by atoms with Crippen LogP contribution in [0.25, 0.3) is 0 Å². The molecule has 3 rings (SSSR count). The molecule has 0 aromatic heterocycles. The van der Waals surface area contributed by atoms with E-state index in [4.69, 9.17) is 4.74 Å². The molecule has 0 radical (unpaired) electrons. The Labute approximate surface area is 134 Å². The molecule has 1 aromatic carbocycles. The first-order valence-corrected chi connectivity index (χ1v) is 8.51. The lowest BCUT2D eigenvalue weighted by Gasteiger charge is -2.37.